The van der Waals surface area contributed by atoms with Crippen LogP contribution in [-0.4, -0.2) is 15.0 Å². The second-order valence-electron chi connectivity index (χ2n) is 4.50. The molecular weight excluding hydrogens is 292 g/mol. The fourth-order valence-electron chi connectivity index (χ4n) is 1.85. The summed E-state index contributed by atoms with van der Waals surface area (Å²) >= 11 is 1.46. The average Bonchev–Trinajstić information content (AvgIpc) is 2.89. The first-order valence-electron chi connectivity index (χ1n) is 6.38. The van der Waals surface area contributed by atoms with E-state index in [0.717, 1.165) is 17.7 Å². The predicted octanol–water partition coefficient (Wildman–Crippen LogP) is 2.97. The van der Waals surface area contributed by atoms with Crippen LogP contribution in [0.3, 0.4) is 0 Å². The minimum atomic E-state index is -3.53. The van der Waals surface area contributed by atoms with Gasteiger partial charge in [0, 0.05) is 11.9 Å². The fraction of sp³-hybridized carbons (Fsp3) is 0.286. The third-order valence-electron chi connectivity index (χ3n) is 2.89. The van der Waals surface area contributed by atoms with E-state index in [4.69, 9.17) is 0 Å². The SMILES string of the molecule is CCNCc1ccc(C)c(S(=O)(=O)Nc2ccsc2)c1. The van der Waals surface area contributed by atoms with Crippen LogP contribution in [0.4, 0.5) is 5.69 Å². The highest BCUT2D eigenvalue weighted by Crippen LogP contribution is 2.22. The zero-order valence-corrected chi connectivity index (χ0v) is 13.1. The van der Waals surface area contributed by atoms with Crippen LogP contribution in [0.5, 0.6) is 0 Å². The summed E-state index contributed by atoms with van der Waals surface area (Å²) in [6.45, 7) is 5.34. The Kier molecular flexibility index (Phi) is 4.80. The van der Waals surface area contributed by atoms with Crippen LogP contribution in [0, 0.1) is 6.92 Å². The standard InChI is InChI=1S/C14H18N2O2S2/c1-3-15-9-12-5-4-11(2)14(8-12)20(17,18)16-13-6-7-19-10-13/h4-8,10,15-16H,3,9H2,1-2H3. The minimum Gasteiger partial charge on any atom is -0.313 e. The van der Waals surface area contributed by atoms with Gasteiger partial charge < -0.3 is 5.32 Å². The van der Waals surface area contributed by atoms with Gasteiger partial charge in [0.25, 0.3) is 10.0 Å². The van der Waals surface area contributed by atoms with Crippen LogP contribution in [-0.2, 0) is 16.6 Å². The van der Waals surface area contributed by atoms with E-state index in [1.54, 1.807) is 24.4 Å². The van der Waals surface area contributed by atoms with Gasteiger partial charge in [-0.3, -0.25) is 4.72 Å². The molecule has 4 nitrogen and oxygen atoms in total. The molecule has 0 amide bonds. The van der Waals surface area contributed by atoms with Gasteiger partial charge in [-0.2, -0.15) is 11.3 Å². The Morgan fingerprint density at radius 3 is 2.70 bits per heavy atom. The smallest absolute Gasteiger partial charge is 0.262 e. The Morgan fingerprint density at radius 1 is 1.25 bits per heavy atom. The lowest BCUT2D eigenvalue weighted by atomic mass is 10.1. The number of aryl methyl sites for hydroxylation is 1. The number of hydrogen-bond donors (Lipinski definition) is 2. The summed E-state index contributed by atoms with van der Waals surface area (Å²) in [5.74, 6) is 0. The minimum absolute atomic E-state index is 0.333. The Bertz CT molecular complexity index is 664. The number of thiophene rings is 1. The van der Waals surface area contributed by atoms with Crippen LogP contribution in [0.25, 0.3) is 0 Å². The van der Waals surface area contributed by atoms with Gasteiger partial charge in [0.05, 0.1) is 10.6 Å². The van der Waals surface area contributed by atoms with E-state index in [1.165, 1.54) is 11.3 Å². The average molecular weight is 310 g/mol. The van der Waals surface area contributed by atoms with Crippen molar-refractivity contribution in [2.75, 3.05) is 11.3 Å². The summed E-state index contributed by atoms with van der Waals surface area (Å²) in [5.41, 5.74) is 2.31. The number of sulfonamides is 1. The Morgan fingerprint density at radius 2 is 2.05 bits per heavy atom. The molecule has 20 heavy (non-hydrogen) atoms. The van der Waals surface area contributed by atoms with Crippen molar-refractivity contribution in [1.82, 2.24) is 5.32 Å². The summed E-state index contributed by atoms with van der Waals surface area (Å²) < 4.78 is 27.4. The first-order valence-corrected chi connectivity index (χ1v) is 8.81. The van der Waals surface area contributed by atoms with Crippen molar-refractivity contribution in [2.45, 2.75) is 25.3 Å². The topological polar surface area (TPSA) is 58.2 Å². The Hall–Kier alpha value is -1.37. The molecular formula is C14H18N2O2S2. The van der Waals surface area contributed by atoms with E-state index >= 15 is 0 Å². The predicted molar refractivity (Wildman–Crippen MR) is 83.7 cm³/mol. The molecule has 0 atom stereocenters. The third kappa shape index (κ3) is 3.59. The van der Waals surface area contributed by atoms with Crippen molar-refractivity contribution < 1.29 is 8.42 Å². The zero-order chi connectivity index (χ0) is 14.6. The molecule has 0 fully saturated rings. The first kappa shape index (κ1) is 15.0. The Balaban J connectivity index is 2.30. The zero-order valence-electron chi connectivity index (χ0n) is 11.5. The van der Waals surface area contributed by atoms with Crippen molar-refractivity contribution in [3.63, 3.8) is 0 Å². The van der Waals surface area contributed by atoms with Crippen molar-refractivity contribution in [3.8, 4) is 0 Å². The van der Waals surface area contributed by atoms with Crippen LogP contribution in [0.15, 0.2) is 39.9 Å². The number of hydrogen-bond acceptors (Lipinski definition) is 4. The van der Waals surface area contributed by atoms with Gasteiger partial charge in [0.1, 0.15) is 0 Å². The molecule has 0 aliphatic heterocycles. The molecule has 1 aromatic carbocycles. The van der Waals surface area contributed by atoms with Gasteiger partial charge in [-0.05, 0) is 42.1 Å². The van der Waals surface area contributed by atoms with E-state index in [0.29, 0.717) is 17.1 Å². The third-order valence-corrected chi connectivity index (χ3v) is 5.10. The number of anilines is 1. The summed E-state index contributed by atoms with van der Waals surface area (Å²) in [4.78, 5) is 0.333. The highest BCUT2D eigenvalue weighted by atomic mass is 32.2. The molecule has 2 N–H and O–H groups in total. The van der Waals surface area contributed by atoms with Gasteiger partial charge in [-0.25, -0.2) is 8.42 Å². The second kappa shape index (κ2) is 6.39. The van der Waals surface area contributed by atoms with Crippen LogP contribution in [0.2, 0.25) is 0 Å². The van der Waals surface area contributed by atoms with Crippen molar-refractivity contribution >= 4 is 27.0 Å². The summed E-state index contributed by atoms with van der Waals surface area (Å²) in [6, 6.07) is 7.27. The monoisotopic (exact) mass is 310 g/mol. The molecule has 0 unspecified atom stereocenters. The summed E-state index contributed by atoms with van der Waals surface area (Å²) in [6.07, 6.45) is 0. The van der Waals surface area contributed by atoms with Crippen LogP contribution in [0.1, 0.15) is 18.1 Å². The Labute approximate surface area is 123 Å². The van der Waals surface area contributed by atoms with E-state index in [2.05, 4.69) is 10.0 Å². The van der Waals surface area contributed by atoms with Gasteiger partial charge in [-0.15, -0.1) is 0 Å². The highest BCUT2D eigenvalue weighted by Gasteiger charge is 2.17. The lowest BCUT2D eigenvalue weighted by molar-refractivity contribution is 0.600. The molecule has 0 radical (unpaired) electrons. The normalized spacial score (nSPS) is 11.5. The van der Waals surface area contributed by atoms with E-state index in [1.807, 2.05) is 24.4 Å². The summed E-state index contributed by atoms with van der Waals surface area (Å²) in [5, 5.41) is 6.81. The molecule has 1 heterocycles. The second-order valence-corrected chi connectivity index (χ2v) is 6.93. The first-order chi connectivity index (χ1) is 9.53. The molecule has 6 heteroatoms. The largest absolute Gasteiger partial charge is 0.313 e. The fourth-order valence-corrected chi connectivity index (χ4v) is 3.85. The van der Waals surface area contributed by atoms with Gasteiger partial charge in [-0.1, -0.05) is 19.1 Å². The molecule has 1 aromatic heterocycles. The molecule has 0 aliphatic carbocycles. The molecule has 0 aliphatic rings. The van der Waals surface area contributed by atoms with E-state index in [9.17, 15) is 8.42 Å². The number of nitrogens with one attached hydrogen (secondary N) is 2. The number of benzene rings is 1. The highest BCUT2D eigenvalue weighted by molar-refractivity contribution is 7.92. The quantitative estimate of drug-likeness (QED) is 0.862. The van der Waals surface area contributed by atoms with Crippen molar-refractivity contribution in [3.05, 3.63) is 46.2 Å². The van der Waals surface area contributed by atoms with Crippen LogP contribution >= 0.6 is 11.3 Å². The van der Waals surface area contributed by atoms with E-state index in [-0.39, 0.29) is 0 Å². The maximum absolute atomic E-state index is 12.4. The lowest BCUT2D eigenvalue weighted by Crippen LogP contribution is -2.16. The molecule has 2 rings (SSSR count). The van der Waals surface area contributed by atoms with Gasteiger partial charge in [0.2, 0.25) is 0 Å². The van der Waals surface area contributed by atoms with Gasteiger partial charge in [0.15, 0.2) is 0 Å². The van der Waals surface area contributed by atoms with Gasteiger partial charge >= 0.3 is 0 Å². The van der Waals surface area contributed by atoms with Crippen molar-refractivity contribution in [1.29, 1.82) is 0 Å². The number of rotatable bonds is 6. The molecule has 108 valence electrons. The van der Waals surface area contributed by atoms with Crippen LogP contribution < -0.4 is 10.0 Å². The van der Waals surface area contributed by atoms with E-state index < -0.39 is 10.0 Å². The molecule has 0 bridgehead atoms. The molecule has 0 saturated carbocycles. The molecule has 0 saturated heterocycles. The van der Waals surface area contributed by atoms with Crippen molar-refractivity contribution in [2.24, 2.45) is 0 Å². The maximum Gasteiger partial charge on any atom is 0.262 e. The summed E-state index contributed by atoms with van der Waals surface area (Å²) in [7, 11) is -3.53. The molecule has 0 spiro atoms. The molecule has 2 aromatic rings. The lowest BCUT2D eigenvalue weighted by Gasteiger charge is -2.11. The maximum atomic E-state index is 12.4.